The lowest BCUT2D eigenvalue weighted by Crippen LogP contribution is -2.56. The van der Waals surface area contributed by atoms with Gasteiger partial charge in [-0.3, -0.25) is 23.9 Å². The molecule has 3 fully saturated rings. The van der Waals surface area contributed by atoms with Crippen LogP contribution in [0.2, 0.25) is 10.0 Å². The fourth-order valence-corrected chi connectivity index (χ4v) is 9.34. The van der Waals surface area contributed by atoms with Crippen LogP contribution in [-0.2, 0) is 24.4 Å². The van der Waals surface area contributed by atoms with Crippen molar-refractivity contribution in [2.75, 3.05) is 19.4 Å². The molecule has 2 saturated carbocycles. The molecule has 15 nitrogen and oxygen atoms in total. The van der Waals surface area contributed by atoms with Crippen molar-refractivity contribution in [3.05, 3.63) is 80.5 Å². The summed E-state index contributed by atoms with van der Waals surface area (Å²) in [5.41, 5.74) is 5.85. The predicted octanol–water partition coefficient (Wildman–Crippen LogP) is 7.44. The van der Waals surface area contributed by atoms with Crippen molar-refractivity contribution in [3.63, 3.8) is 0 Å². The van der Waals surface area contributed by atoms with Crippen LogP contribution in [0.3, 0.4) is 0 Å². The van der Waals surface area contributed by atoms with E-state index in [1.54, 1.807) is 31.5 Å². The number of nitrogens with one attached hydrogen (secondary N) is 3. The minimum Gasteiger partial charge on any atom is -0.495 e. The number of thiazole rings is 1. The summed E-state index contributed by atoms with van der Waals surface area (Å²) in [4.78, 5) is 58.1. The molecule has 1 aliphatic heterocycles. The average Bonchev–Trinajstić information content (AvgIpc) is 3.96. The molecule has 5 N–H and O–H groups in total. The van der Waals surface area contributed by atoms with Crippen LogP contribution in [0.4, 0.5) is 13.9 Å². The number of benzene rings is 2. The number of rotatable bonds is 11. The van der Waals surface area contributed by atoms with Crippen molar-refractivity contribution in [1.82, 2.24) is 30.1 Å². The number of carbonyl (C=O) groups excluding carboxylic acids is 3. The van der Waals surface area contributed by atoms with E-state index in [1.807, 2.05) is 61.2 Å². The van der Waals surface area contributed by atoms with Gasteiger partial charge in [0.2, 0.25) is 28.3 Å². The summed E-state index contributed by atoms with van der Waals surface area (Å²) in [5, 5.41) is 10.8. The number of nitrogens with two attached hydrogens (primary N) is 1. The number of nitrogens with zero attached hydrogens (tertiary/aromatic N) is 3. The zero-order chi connectivity index (χ0) is 45.9. The van der Waals surface area contributed by atoms with Crippen LogP contribution >= 0.6 is 34.5 Å². The Bertz CT molecular complexity index is 2630. The second-order valence-electron chi connectivity index (χ2n) is 16.7. The molecule has 1 saturated heterocycles. The Kier molecular flexibility index (Phi) is 14.5. The Morgan fingerprint density at radius 2 is 1.76 bits per heavy atom. The summed E-state index contributed by atoms with van der Waals surface area (Å²) in [7, 11) is -2.33. The molecule has 0 spiro atoms. The lowest BCUT2D eigenvalue weighted by atomic mass is 9.91. The van der Waals surface area contributed by atoms with Gasteiger partial charge in [0.05, 0.1) is 17.7 Å². The Morgan fingerprint density at radius 3 is 2.38 bits per heavy atom. The zero-order valence-corrected chi connectivity index (χ0v) is 37.9. The first-order valence-corrected chi connectivity index (χ1v) is 23.1. The lowest BCUT2D eigenvalue weighted by molar-refractivity contribution is -0.141. The van der Waals surface area contributed by atoms with E-state index in [0.29, 0.717) is 70.0 Å². The molecular formula is C42H47Cl2F2N7O8S2. The second-order valence-corrected chi connectivity index (χ2v) is 20.4. The maximum atomic E-state index is 13.0. The van der Waals surface area contributed by atoms with E-state index >= 15 is 0 Å². The topological polar surface area (TPSA) is 220 Å². The maximum absolute atomic E-state index is 13.0. The number of aromatic amines is 1. The first kappa shape index (κ1) is 47.4. The summed E-state index contributed by atoms with van der Waals surface area (Å²) in [5.74, 6) is -1.37. The van der Waals surface area contributed by atoms with E-state index < -0.39 is 57.4 Å². The van der Waals surface area contributed by atoms with E-state index in [-0.39, 0.29) is 29.7 Å². The molecule has 0 bridgehead atoms. The van der Waals surface area contributed by atoms with Gasteiger partial charge in [0.15, 0.2) is 10.9 Å². The molecular weight excluding hydrogens is 904 g/mol. The van der Waals surface area contributed by atoms with Crippen LogP contribution in [0.15, 0.2) is 69.4 Å². The van der Waals surface area contributed by atoms with Crippen molar-refractivity contribution >= 4 is 78.2 Å². The predicted molar refractivity (Wildman–Crippen MR) is 237 cm³/mol. The smallest absolute Gasteiger partial charge is 0.259 e. The molecule has 2 aromatic carbocycles. The normalized spacial score (nSPS) is 19.4. The number of methoxy groups -OCH3 is 1. The van der Waals surface area contributed by atoms with Crippen molar-refractivity contribution in [2.24, 2.45) is 11.3 Å². The molecule has 8 rings (SSSR count). The molecule has 3 aromatic heterocycles. The Hall–Kier alpha value is -5.11. The van der Waals surface area contributed by atoms with Crippen LogP contribution in [0, 0.1) is 11.3 Å². The van der Waals surface area contributed by atoms with E-state index in [2.05, 4.69) is 20.4 Å². The fourth-order valence-electron chi connectivity index (χ4n) is 7.12. The highest BCUT2D eigenvalue weighted by Crippen LogP contribution is 2.48. The number of sulfonamides is 1. The van der Waals surface area contributed by atoms with Gasteiger partial charge in [0, 0.05) is 58.0 Å². The number of carbonyl (C=O) groups is 3. The maximum Gasteiger partial charge on any atom is 0.259 e. The van der Waals surface area contributed by atoms with Crippen molar-refractivity contribution in [2.45, 2.75) is 89.0 Å². The van der Waals surface area contributed by atoms with Crippen LogP contribution in [-0.4, -0.2) is 83.1 Å². The molecule has 5 aromatic rings. The average molecular weight is 951 g/mol. The number of hydrogen-bond donors (Lipinski definition) is 4. The van der Waals surface area contributed by atoms with Gasteiger partial charge in [-0.05, 0) is 73.8 Å². The Morgan fingerprint density at radius 1 is 1.06 bits per heavy atom. The molecule has 3 atom stereocenters. The third kappa shape index (κ3) is 11.9. The number of amides is 3. The first-order valence-electron chi connectivity index (χ1n) is 19.9. The molecule has 63 heavy (non-hydrogen) atoms. The molecule has 3 aliphatic rings. The van der Waals surface area contributed by atoms with Gasteiger partial charge >= 0.3 is 0 Å². The summed E-state index contributed by atoms with van der Waals surface area (Å²) in [6.45, 7) is 6.14. The van der Waals surface area contributed by atoms with Crippen molar-refractivity contribution in [1.29, 1.82) is 0 Å². The van der Waals surface area contributed by atoms with E-state index in [4.69, 9.17) is 38.2 Å². The fraction of sp³-hybridized carbons (Fsp3) is 0.429. The number of anilines is 1. The Labute approximate surface area is 376 Å². The summed E-state index contributed by atoms with van der Waals surface area (Å²) >= 11 is 13.0. The lowest BCUT2D eigenvalue weighted by Gasteiger charge is -2.29. The van der Waals surface area contributed by atoms with Gasteiger partial charge in [0.1, 0.15) is 28.7 Å². The number of pyridine rings is 1. The number of H-pyrrole nitrogens is 1. The van der Waals surface area contributed by atoms with Gasteiger partial charge in [-0.15, -0.1) is 11.3 Å². The highest BCUT2D eigenvalue weighted by molar-refractivity contribution is 7.91. The molecule has 3 amide bonds. The summed E-state index contributed by atoms with van der Waals surface area (Å²) < 4.78 is 62.6. The van der Waals surface area contributed by atoms with E-state index in [9.17, 15) is 36.4 Å². The number of nitrogen functional groups attached to an aromatic ring is 1. The molecule has 1 unspecified atom stereocenters. The monoisotopic (exact) mass is 949 g/mol. The number of alkyl halides is 2. The SMILES string of the molecule is CC(C)(C)CC(=O)N1CCCC1C(=O)N[C@]1(C(=O)NS(=O)(=O)C2CC2)C[C@H]1CC(F)F.COc1c[nH]c(=O)c2cc(Cl)ccc12.Nc1nc(-c2cc(-c3ccc(Cl)cc3)no2)cs1. The molecule has 21 heteroatoms. The van der Waals surface area contributed by atoms with Gasteiger partial charge < -0.3 is 30.2 Å². The van der Waals surface area contributed by atoms with E-state index in [1.165, 1.54) is 16.2 Å². The molecule has 2 aliphatic carbocycles. The Balaban J connectivity index is 0.000000173. The summed E-state index contributed by atoms with van der Waals surface area (Å²) in [6, 6.07) is 13.6. The van der Waals surface area contributed by atoms with Gasteiger partial charge in [-0.2, -0.15) is 0 Å². The van der Waals surface area contributed by atoms with Gasteiger partial charge in [-0.25, -0.2) is 22.2 Å². The number of ether oxygens (including phenoxy) is 1. The van der Waals surface area contributed by atoms with Gasteiger partial charge in [0.25, 0.3) is 11.5 Å². The zero-order valence-electron chi connectivity index (χ0n) is 34.8. The van der Waals surface area contributed by atoms with E-state index in [0.717, 1.165) is 16.6 Å². The van der Waals surface area contributed by atoms with Crippen LogP contribution in [0.1, 0.15) is 65.7 Å². The third-order valence-corrected chi connectivity index (χ3v) is 13.5. The number of likely N-dealkylation sites (tertiary alicyclic amines) is 1. The molecule has 0 radical (unpaired) electrons. The van der Waals surface area contributed by atoms with Crippen molar-refractivity contribution in [3.8, 4) is 28.5 Å². The van der Waals surface area contributed by atoms with Crippen LogP contribution < -0.4 is 26.1 Å². The quantitative estimate of drug-likeness (QED) is 0.102. The number of fused-ring (bicyclic) bond motifs is 1. The third-order valence-electron chi connectivity index (χ3n) is 10.5. The minimum absolute atomic E-state index is 0.0578. The second kappa shape index (κ2) is 19.3. The van der Waals surface area contributed by atoms with Crippen LogP contribution in [0.5, 0.6) is 5.75 Å². The summed E-state index contributed by atoms with van der Waals surface area (Å²) in [6.07, 6.45) is 0.321. The molecule has 338 valence electrons. The number of hydrogen-bond acceptors (Lipinski definition) is 12. The molecule has 4 heterocycles. The van der Waals surface area contributed by atoms with Crippen molar-refractivity contribution < 1.29 is 40.8 Å². The minimum atomic E-state index is -3.88. The number of halogens is 4. The van der Waals surface area contributed by atoms with Crippen LogP contribution in [0.25, 0.3) is 33.5 Å². The highest BCUT2D eigenvalue weighted by atomic mass is 35.5. The van der Waals surface area contributed by atoms with Gasteiger partial charge in [-0.1, -0.05) is 61.3 Å². The first-order chi connectivity index (χ1) is 29.7. The number of aromatic nitrogens is 3. The standard InChI is InChI=1S/C20H31F2N3O5S.C12H8ClN3OS.C10H8ClNO2/c1-19(2,3)11-16(26)25-8-4-5-14(25)17(27)23-20(10-12(20)9-15(21)22)18(28)24-31(29,30)13-6-7-13;13-8-3-1-7(2-4-8)9-5-11(17-16-9)10-6-18-12(14)15-10;1-14-9-5-12-10(13)8-4-6(11)2-3-7(8)9/h12-15H,4-11H2,1-3H3,(H,23,27)(H,24,28);1-6H,(H2,14,15);2-5H,1H3,(H,12,13)/t12-,14?,20-;;/m1../s1. The largest absolute Gasteiger partial charge is 0.495 e. The highest BCUT2D eigenvalue weighted by Gasteiger charge is 2.63.